The number of hydrogen-bond donors (Lipinski definition) is 1. The number of rotatable bonds is 2. The Morgan fingerprint density at radius 1 is 1.12 bits per heavy atom. The van der Waals surface area contributed by atoms with E-state index in [0.29, 0.717) is 11.7 Å². The van der Waals surface area contributed by atoms with Gasteiger partial charge in [-0.2, -0.15) is 0 Å². The van der Waals surface area contributed by atoms with Crippen molar-refractivity contribution >= 4 is 40.0 Å². The van der Waals surface area contributed by atoms with E-state index in [2.05, 4.69) is 47.4 Å². The Hall–Kier alpha value is -2.31. The number of fused-ring (bicyclic) bond motifs is 1. The second kappa shape index (κ2) is 5.96. The van der Waals surface area contributed by atoms with Gasteiger partial charge < -0.3 is 5.73 Å². The second-order valence-corrected chi connectivity index (χ2v) is 7.94. The summed E-state index contributed by atoms with van der Waals surface area (Å²) in [5, 5.41) is 2.06. The van der Waals surface area contributed by atoms with E-state index < -0.39 is 0 Å². The molecule has 1 aliphatic heterocycles. The molecule has 0 amide bonds. The molecular weight excluding hydrogens is 336 g/mol. The van der Waals surface area contributed by atoms with E-state index in [-0.39, 0.29) is 6.04 Å². The smallest absolute Gasteiger partial charge is 0.163 e. The Kier molecular flexibility index (Phi) is 3.78. The predicted octanol–water partition coefficient (Wildman–Crippen LogP) is 4.40. The molecule has 120 valence electrons. The highest BCUT2D eigenvalue weighted by atomic mass is 32.1. The number of pyridine rings is 1. The average molecular weight is 352 g/mol. The quantitative estimate of drug-likeness (QED) is 0.743. The summed E-state index contributed by atoms with van der Waals surface area (Å²) in [5.41, 5.74) is 9.31. The van der Waals surface area contributed by atoms with Gasteiger partial charge in [0.2, 0.25) is 0 Å². The minimum atomic E-state index is -0.269. The molecule has 0 saturated heterocycles. The summed E-state index contributed by atoms with van der Waals surface area (Å²) in [5.74, 6) is 1.14. The largest absolute Gasteiger partial charge is 0.385 e. The van der Waals surface area contributed by atoms with Crippen molar-refractivity contribution in [3.8, 4) is 0 Å². The monoisotopic (exact) mass is 352 g/mol. The van der Waals surface area contributed by atoms with Gasteiger partial charge in [-0.1, -0.05) is 6.07 Å². The Morgan fingerprint density at radius 3 is 2.71 bits per heavy atom. The van der Waals surface area contributed by atoms with Crippen LogP contribution in [0, 0.1) is 13.8 Å². The Balaban J connectivity index is 1.98. The van der Waals surface area contributed by atoms with Crippen LogP contribution in [0.5, 0.6) is 0 Å². The van der Waals surface area contributed by atoms with Crippen LogP contribution in [0.25, 0.3) is 0 Å². The average Bonchev–Trinajstić information content (AvgIpc) is 3.19. The maximum atomic E-state index is 6.31. The van der Waals surface area contributed by atoms with Gasteiger partial charge in [0, 0.05) is 21.5 Å². The van der Waals surface area contributed by atoms with Gasteiger partial charge in [0.25, 0.3) is 0 Å². The third kappa shape index (κ3) is 2.57. The van der Waals surface area contributed by atoms with Crippen molar-refractivity contribution in [2.45, 2.75) is 19.9 Å². The standard InChI is InChI=1S/C18H16N4S2/c1-10-7-8-20-18-14(10)15(12-4-3-9-23-12)21-16(17(19)22-18)13-6-5-11(2)24-13/h3-9,16H,1-2H3,(H2,19,20,22). The zero-order chi connectivity index (χ0) is 16.7. The van der Waals surface area contributed by atoms with Gasteiger partial charge in [0.1, 0.15) is 11.9 Å². The summed E-state index contributed by atoms with van der Waals surface area (Å²) >= 11 is 3.37. The summed E-state index contributed by atoms with van der Waals surface area (Å²) in [4.78, 5) is 17.5. The lowest BCUT2D eigenvalue weighted by Gasteiger charge is -2.11. The summed E-state index contributed by atoms with van der Waals surface area (Å²) < 4.78 is 0. The topological polar surface area (TPSA) is 63.6 Å². The van der Waals surface area contributed by atoms with Crippen LogP contribution in [0.15, 0.2) is 51.9 Å². The van der Waals surface area contributed by atoms with Gasteiger partial charge in [-0.25, -0.2) is 9.98 Å². The normalized spacial score (nSPS) is 17.0. The van der Waals surface area contributed by atoms with Gasteiger partial charge in [0.05, 0.1) is 10.6 Å². The molecule has 0 radical (unpaired) electrons. The van der Waals surface area contributed by atoms with E-state index in [9.17, 15) is 0 Å². The van der Waals surface area contributed by atoms with Crippen LogP contribution in [0.3, 0.4) is 0 Å². The van der Waals surface area contributed by atoms with Crippen LogP contribution in [0.2, 0.25) is 0 Å². The highest BCUT2D eigenvalue weighted by Gasteiger charge is 2.26. The summed E-state index contributed by atoms with van der Waals surface area (Å²) in [6.07, 6.45) is 1.77. The fraction of sp³-hybridized carbons (Fsp3) is 0.167. The number of aliphatic imine (C=N–C) groups is 2. The molecule has 3 aromatic rings. The number of nitrogens with two attached hydrogens (primary N) is 1. The van der Waals surface area contributed by atoms with Crippen molar-refractivity contribution in [2.24, 2.45) is 15.7 Å². The van der Waals surface area contributed by atoms with Crippen molar-refractivity contribution < 1.29 is 0 Å². The molecule has 1 aliphatic rings. The molecule has 2 N–H and O–H groups in total. The zero-order valence-electron chi connectivity index (χ0n) is 13.4. The summed E-state index contributed by atoms with van der Waals surface area (Å²) in [7, 11) is 0. The highest BCUT2D eigenvalue weighted by molar-refractivity contribution is 7.12. The molecule has 0 bridgehead atoms. The number of aryl methyl sites for hydroxylation is 2. The minimum absolute atomic E-state index is 0.269. The highest BCUT2D eigenvalue weighted by Crippen LogP contribution is 2.34. The third-order valence-electron chi connectivity index (χ3n) is 3.93. The van der Waals surface area contributed by atoms with Gasteiger partial charge in [-0.15, -0.1) is 22.7 Å². The van der Waals surface area contributed by atoms with E-state index in [4.69, 9.17) is 10.7 Å². The molecule has 0 saturated carbocycles. The van der Waals surface area contributed by atoms with Crippen molar-refractivity contribution in [1.82, 2.24) is 4.98 Å². The number of aromatic nitrogens is 1. The lowest BCUT2D eigenvalue weighted by Crippen LogP contribution is -2.19. The summed E-state index contributed by atoms with van der Waals surface area (Å²) in [6, 6.07) is 10.0. The van der Waals surface area contributed by atoms with Crippen molar-refractivity contribution in [3.63, 3.8) is 0 Å². The molecule has 0 fully saturated rings. The number of amidine groups is 1. The first-order chi connectivity index (χ1) is 11.6. The van der Waals surface area contributed by atoms with Crippen LogP contribution in [0.1, 0.15) is 31.8 Å². The van der Waals surface area contributed by atoms with E-state index in [1.54, 1.807) is 28.9 Å². The Morgan fingerprint density at radius 2 is 2.00 bits per heavy atom. The van der Waals surface area contributed by atoms with Crippen molar-refractivity contribution in [3.05, 3.63) is 67.7 Å². The number of nitrogens with zero attached hydrogens (tertiary/aromatic N) is 3. The molecule has 24 heavy (non-hydrogen) atoms. The first kappa shape index (κ1) is 15.2. The van der Waals surface area contributed by atoms with Gasteiger partial charge in [0.15, 0.2) is 5.82 Å². The van der Waals surface area contributed by atoms with Crippen molar-refractivity contribution in [2.75, 3.05) is 0 Å². The van der Waals surface area contributed by atoms with Crippen LogP contribution in [-0.2, 0) is 0 Å². The van der Waals surface area contributed by atoms with Crippen LogP contribution >= 0.6 is 22.7 Å². The van der Waals surface area contributed by atoms with Gasteiger partial charge >= 0.3 is 0 Å². The van der Waals surface area contributed by atoms with Crippen molar-refractivity contribution in [1.29, 1.82) is 0 Å². The molecule has 0 aliphatic carbocycles. The lowest BCUT2D eigenvalue weighted by molar-refractivity contribution is 0.978. The molecule has 0 aromatic carbocycles. The molecule has 4 heterocycles. The zero-order valence-corrected chi connectivity index (χ0v) is 15.0. The fourth-order valence-corrected chi connectivity index (χ4v) is 4.43. The Bertz CT molecular complexity index is 951. The van der Waals surface area contributed by atoms with Crippen LogP contribution in [-0.4, -0.2) is 16.5 Å². The molecule has 4 rings (SSSR count). The molecule has 0 spiro atoms. The molecule has 1 atom stereocenters. The SMILES string of the molecule is Cc1ccc(C2N=C(c3cccs3)c3c(C)ccnc3N=C2N)s1. The first-order valence-electron chi connectivity index (χ1n) is 7.61. The molecule has 1 unspecified atom stereocenters. The number of hydrogen-bond acceptors (Lipinski definition) is 6. The van der Waals surface area contributed by atoms with E-state index in [0.717, 1.165) is 26.6 Å². The van der Waals surface area contributed by atoms with E-state index >= 15 is 0 Å². The van der Waals surface area contributed by atoms with Gasteiger partial charge in [-0.05, 0) is 49.1 Å². The van der Waals surface area contributed by atoms with Crippen LogP contribution < -0.4 is 5.73 Å². The molecular formula is C18H16N4S2. The van der Waals surface area contributed by atoms with Crippen LogP contribution in [0.4, 0.5) is 5.82 Å². The fourth-order valence-electron chi connectivity index (χ4n) is 2.77. The Labute approximate surface area is 148 Å². The molecule has 4 nitrogen and oxygen atoms in total. The molecule has 3 aromatic heterocycles. The molecule has 6 heteroatoms. The summed E-state index contributed by atoms with van der Waals surface area (Å²) in [6.45, 7) is 4.15. The number of thiophene rings is 2. The second-order valence-electron chi connectivity index (χ2n) is 5.67. The third-order valence-corrected chi connectivity index (χ3v) is 5.86. The predicted molar refractivity (Wildman–Crippen MR) is 102 cm³/mol. The van der Waals surface area contributed by atoms with Gasteiger partial charge in [-0.3, -0.25) is 4.99 Å². The van der Waals surface area contributed by atoms with E-state index in [1.807, 2.05) is 12.1 Å². The maximum Gasteiger partial charge on any atom is 0.163 e. The maximum absolute atomic E-state index is 6.31. The first-order valence-corrected chi connectivity index (χ1v) is 9.31. The lowest BCUT2D eigenvalue weighted by atomic mass is 10.0. The minimum Gasteiger partial charge on any atom is -0.385 e. The van der Waals surface area contributed by atoms with E-state index in [1.165, 1.54) is 4.88 Å².